The van der Waals surface area contributed by atoms with E-state index in [1.807, 2.05) is 0 Å². The number of nitrogens with zero attached hydrogens (tertiary/aromatic N) is 2. The topological polar surface area (TPSA) is 72.9 Å². The van der Waals surface area contributed by atoms with Crippen molar-refractivity contribution in [3.8, 4) is 0 Å². The average molecular weight is 343 g/mol. The van der Waals surface area contributed by atoms with Crippen LogP contribution in [0.4, 0.5) is 5.69 Å². The molecular weight excluding hydrogens is 320 g/mol. The van der Waals surface area contributed by atoms with Crippen molar-refractivity contribution in [2.24, 2.45) is 17.6 Å². The van der Waals surface area contributed by atoms with E-state index in [2.05, 4.69) is 47.1 Å². The van der Waals surface area contributed by atoms with Gasteiger partial charge in [-0.15, -0.1) is 0 Å². The van der Waals surface area contributed by atoms with Crippen LogP contribution in [-0.4, -0.2) is 21.9 Å². The molecule has 112 valence electrons. The van der Waals surface area contributed by atoms with Crippen LogP contribution < -0.4 is 16.6 Å². The van der Waals surface area contributed by atoms with E-state index in [4.69, 9.17) is 5.73 Å². The van der Waals surface area contributed by atoms with E-state index < -0.39 is 0 Å². The van der Waals surface area contributed by atoms with Crippen LogP contribution in [0.2, 0.25) is 0 Å². The molecule has 20 heavy (non-hydrogen) atoms. The van der Waals surface area contributed by atoms with Gasteiger partial charge in [-0.2, -0.15) is 5.10 Å². The minimum atomic E-state index is -0.166. The SMILES string of the molecule is CC(C)Cn1ncc(NC(C)(CN)C2CC2)c(Br)c1=O. The minimum absolute atomic E-state index is 0.0983. The zero-order valence-electron chi connectivity index (χ0n) is 12.3. The van der Waals surface area contributed by atoms with Crippen LogP contribution in [0.3, 0.4) is 0 Å². The predicted molar refractivity (Wildman–Crippen MR) is 84.8 cm³/mol. The molecule has 6 heteroatoms. The van der Waals surface area contributed by atoms with Crippen molar-refractivity contribution in [3.63, 3.8) is 0 Å². The lowest BCUT2D eigenvalue weighted by Crippen LogP contribution is -2.45. The summed E-state index contributed by atoms with van der Waals surface area (Å²) in [5, 5.41) is 7.66. The van der Waals surface area contributed by atoms with E-state index in [0.29, 0.717) is 29.4 Å². The summed E-state index contributed by atoms with van der Waals surface area (Å²) in [6.45, 7) is 7.39. The predicted octanol–water partition coefficient (Wildman–Crippen LogP) is 2.20. The average Bonchev–Trinajstić information content (AvgIpc) is 3.22. The van der Waals surface area contributed by atoms with Crippen LogP contribution in [0.15, 0.2) is 15.5 Å². The summed E-state index contributed by atoms with van der Waals surface area (Å²) in [5.74, 6) is 0.962. The largest absolute Gasteiger partial charge is 0.376 e. The maximum atomic E-state index is 12.3. The van der Waals surface area contributed by atoms with Gasteiger partial charge in [0, 0.05) is 18.6 Å². The van der Waals surface area contributed by atoms with Gasteiger partial charge in [-0.1, -0.05) is 13.8 Å². The molecule has 0 saturated heterocycles. The third-order valence-electron chi connectivity index (χ3n) is 3.85. The van der Waals surface area contributed by atoms with Crippen molar-refractivity contribution in [3.05, 3.63) is 21.0 Å². The standard InChI is InChI=1S/C14H23BrN4O/c1-9(2)7-19-13(20)12(15)11(6-17-19)18-14(3,8-16)10-4-5-10/h6,9-10,18H,4-5,7-8,16H2,1-3H3. The van der Waals surface area contributed by atoms with Crippen LogP contribution in [0.5, 0.6) is 0 Å². The molecule has 0 aliphatic heterocycles. The number of halogens is 1. The van der Waals surface area contributed by atoms with Crippen molar-refractivity contribution >= 4 is 21.6 Å². The summed E-state index contributed by atoms with van der Waals surface area (Å²) < 4.78 is 2.03. The molecule has 0 spiro atoms. The fourth-order valence-electron chi connectivity index (χ4n) is 2.38. The summed E-state index contributed by atoms with van der Waals surface area (Å²) in [6.07, 6.45) is 4.09. The van der Waals surface area contributed by atoms with Crippen LogP contribution in [-0.2, 0) is 6.54 Å². The normalized spacial score (nSPS) is 18.1. The molecule has 1 aliphatic carbocycles. The molecule has 1 aliphatic rings. The van der Waals surface area contributed by atoms with Crippen LogP contribution in [0.25, 0.3) is 0 Å². The molecule has 0 bridgehead atoms. The number of rotatable bonds is 6. The van der Waals surface area contributed by atoms with Gasteiger partial charge in [-0.3, -0.25) is 4.79 Å². The number of hydrogen-bond acceptors (Lipinski definition) is 4. The Balaban J connectivity index is 2.25. The molecule has 1 fully saturated rings. The summed E-state index contributed by atoms with van der Waals surface area (Å²) >= 11 is 3.40. The third kappa shape index (κ3) is 3.23. The molecule has 0 amide bonds. The molecule has 3 N–H and O–H groups in total. The zero-order valence-corrected chi connectivity index (χ0v) is 13.9. The second-order valence-corrected chi connectivity index (χ2v) is 7.07. The number of nitrogens with one attached hydrogen (secondary N) is 1. The molecule has 1 unspecified atom stereocenters. The van der Waals surface area contributed by atoms with E-state index in [-0.39, 0.29) is 11.1 Å². The van der Waals surface area contributed by atoms with E-state index in [1.54, 1.807) is 6.20 Å². The van der Waals surface area contributed by atoms with Gasteiger partial charge in [0.15, 0.2) is 0 Å². The van der Waals surface area contributed by atoms with Crippen LogP contribution in [0.1, 0.15) is 33.6 Å². The van der Waals surface area contributed by atoms with Gasteiger partial charge in [-0.25, -0.2) is 4.68 Å². The Morgan fingerprint density at radius 1 is 1.60 bits per heavy atom. The van der Waals surface area contributed by atoms with Gasteiger partial charge in [0.2, 0.25) is 0 Å². The first-order chi connectivity index (χ1) is 9.37. The van der Waals surface area contributed by atoms with Gasteiger partial charge < -0.3 is 11.1 Å². The maximum absolute atomic E-state index is 12.3. The molecule has 1 heterocycles. The summed E-state index contributed by atoms with van der Waals surface area (Å²) in [5.41, 5.74) is 6.37. The molecule has 0 radical (unpaired) electrons. The molecule has 5 nitrogen and oxygen atoms in total. The first kappa shape index (κ1) is 15.5. The Morgan fingerprint density at radius 3 is 2.75 bits per heavy atom. The number of anilines is 1. The van der Waals surface area contributed by atoms with E-state index in [0.717, 1.165) is 5.69 Å². The summed E-state index contributed by atoms with van der Waals surface area (Å²) in [4.78, 5) is 12.3. The van der Waals surface area contributed by atoms with Crippen molar-refractivity contribution < 1.29 is 0 Å². The molecule has 1 aromatic heterocycles. The van der Waals surface area contributed by atoms with Gasteiger partial charge in [0.1, 0.15) is 4.47 Å². The second-order valence-electron chi connectivity index (χ2n) is 6.27. The first-order valence-electron chi connectivity index (χ1n) is 7.11. The van der Waals surface area contributed by atoms with Crippen molar-refractivity contribution in [2.45, 2.75) is 45.7 Å². The number of aromatic nitrogens is 2. The Labute approximate surface area is 128 Å². The van der Waals surface area contributed by atoms with E-state index in [1.165, 1.54) is 17.5 Å². The van der Waals surface area contributed by atoms with Crippen LogP contribution in [0, 0.1) is 11.8 Å². The number of hydrogen-bond donors (Lipinski definition) is 2. The smallest absolute Gasteiger partial charge is 0.283 e. The Hall–Kier alpha value is -0.880. The van der Waals surface area contributed by atoms with Crippen molar-refractivity contribution in [1.29, 1.82) is 0 Å². The highest BCUT2D eigenvalue weighted by molar-refractivity contribution is 9.10. The Bertz CT molecular complexity index is 538. The molecule has 1 saturated carbocycles. The lowest BCUT2D eigenvalue weighted by Gasteiger charge is -2.31. The second kappa shape index (κ2) is 5.85. The lowest BCUT2D eigenvalue weighted by atomic mass is 9.96. The molecule has 1 aromatic rings. The Kier molecular flexibility index (Phi) is 4.54. The quantitative estimate of drug-likeness (QED) is 0.831. The lowest BCUT2D eigenvalue weighted by molar-refractivity contribution is 0.451. The maximum Gasteiger partial charge on any atom is 0.283 e. The van der Waals surface area contributed by atoms with Gasteiger partial charge in [-0.05, 0) is 47.5 Å². The van der Waals surface area contributed by atoms with Crippen molar-refractivity contribution in [1.82, 2.24) is 9.78 Å². The summed E-state index contributed by atoms with van der Waals surface area (Å²) in [6, 6.07) is 0. The first-order valence-corrected chi connectivity index (χ1v) is 7.90. The van der Waals surface area contributed by atoms with Crippen molar-refractivity contribution in [2.75, 3.05) is 11.9 Å². The van der Waals surface area contributed by atoms with Gasteiger partial charge in [0.05, 0.1) is 11.9 Å². The third-order valence-corrected chi connectivity index (χ3v) is 4.61. The fraction of sp³-hybridized carbons (Fsp3) is 0.714. The highest BCUT2D eigenvalue weighted by Crippen LogP contribution is 2.41. The number of nitrogens with two attached hydrogens (primary N) is 1. The molecule has 2 rings (SSSR count). The monoisotopic (exact) mass is 342 g/mol. The van der Waals surface area contributed by atoms with E-state index >= 15 is 0 Å². The zero-order chi connectivity index (χ0) is 14.9. The summed E-state index contributed by atoms with van der Waals surface area (Å²) in [7, 11) is 0. The minimum Gasteiger partial charge on any atom is -0.376 e. The highest BCUT2D eigenvalue weighted by Gasteiger charge is 2.40. The van der Waals surface area contributed by atoms with E-state index in [9.17, 15) is 4.79 Å². The Morgan fingerprint density at radius 2 is 2.25 bits per heavy atom. The van der Waals surface area contributed by atoms with Crippen LogP contribution >= 0.6 is 15.9 Å². The molecule has 1 atom stereocenters. The van der Waals surface area contributed by atoms with Gasteiger partial charge >= 0.3 is 0 Å². The molecule has 0 aromatic carbocycles. The molecular formula is C14H23BrN4O. The highest BCUT2D eigenvalue weighted by atomic mass is 79.9. The van der Waals surface area contributed by atoms with Gasteiger partial charge in [0.25, 0.3) is 5.56 Å². The fourth-order valence-corrected chi connectivity index (χ4v) is 2.78.